The average Bonchev–Trinajstić information content (AvgIpc) is 3.53. The van der Waals surface area contributed by atoms with E-state index in [0.717, 1.165) is 0 Å². The normalized spacial score (nSPS) is 16.7. The summed E-state index contributed by atoms with van der Waals surface area (Å²) in [5.74, 6) is -8.45. The van der Waals surface area contributed by atoms with Crippen LogP contribution in [0.25, 0.3) is 0 Å². The van der Waals surface area contributed by atoms with Gasteiger partial charge in [-0.1, -0.05) is 44.2 Å². The molecule has 0 unspecified atom stereocenters. The first kappa shape index (κ1) is 38.3. The van der Waals surface area contributed by atoms with E-state index >= 15 is 0 Å². The molecule has 0 aliphatic carbocycles. The lowest BCUT2D eigenvalue weighted by Gasteiger charge is -2.28. The summed E-state index contributed by atoms with van der Waals surface area (Å²) >= 11 is 0. The molecule has 2 rings (SSSR count). The zero-order chi connectivity index (χ0) is 35.3. The summed E-state index contributed by atoms with van der Waals surface area (Å²) in [6.07, 6.45) is -0.259. The van der Waals surface area contributed by atoms with Gasteiger partial charge in [-0.05, 0) is 30.7 Å². The molecule has 1 aromatic carbocycles. The van der Waals surface area contributed by atoms with Crippen LogP contribution in [0.3, 0.4) is 0 Å². The van der Waals surface area contributed by atoms with Crippen molar-refractivity contribution in [2.24, 2.45) is 11.7 Å². The number of hydrogen-bond acceptors (Lipinski definition) is 10. The van der Waals surface area contributed by atoms with E-state index in [1.54, 1.807) is 44.2 Å². The number of hydrogen-bond donors (Lipinski definition) is 8. The molecular formula is C30H42N6O11. The number of rotatable bonds is 18. The molecule has 1 aromatic rings. The zero-order valence-corrected chi connectivity index (χ0v) is 26.1. The van der Waals surface area contributed by atoms with Gasteiger partial charge < -0.3 is 47.2 Å². The maximum Gasteiger partial charge on any atom is 0.326 e. The van der Waals surface area contributed by atoms with E-state index in [4.69, 9.17) is 15.9 Å². The van der Waals surface area contributed by atoms with Crippen molar-refractivity contribution < 1.29 is 53.7 Å². The van der Waals surface area contributed by atoms with Crippen molar-refractivity contribution in [1.29, 1.82) is 0 Å². The van der Waals surface area contributed by atoms with Crippen LogP contribution in [0.2, 0.25) is 0 Å². The predicted octanol–water partition coefficient (Wildman–Crippen LogP) is -2.72. The number of Topliss-reactive ketones (excluding diaryl/α,β-unsaturated/α-hetero) is 1. The Morgan fingerprint density at radius 2 is 1.60 bits per heavy atom. The number of carbonyl (C=O) groups excluding carboxylic acids is 6. The second-order valence-corrected chi connectivity index (χ2v) is 11.4. The van der Waals surface area contributed by atoms with Gasteiger partial charge in [0.15, 0.2) is 0 Å². The van der Waals surface area contributed by atoms with E-state index in [-0.39, 0.29) is 25.8 Å². The van der Waals surface area contributed by atoms with Crippen LogP contribution in [0.4, 0.5) is 0 Å². The van der Waals surface area contributed by atoms with Crippen LogP contribution in [0.1, 0.15) is 45.1 Å². The highest BCUT2D eigenvalue weighted by Gasteiger charge is 2.37. The molecule has 1 saturated heterocycles. The Kier molecular flexibility index (Phi) is 14.9. The van der Waals surface area contributed by atoms with Crippen molar-refractivity contribution in [3.63, 3.8) is 0 Å². The van der Waals surface area contributed by atoms with Crippen molar-refractivity contribution in [3.05, 3.63) is 35.9 Å². The van der Waals surface area contributed by atoms with Crippen LogP contribution >= 0.6 is 0 Å². The van der Waals surface area contributed by atoms with Gasteiger partial charge in [0.05, 0.1) is 19.2 Å². The van der Waals surface area contributed by atoms with Gasteiger partial charge in [-0.15, -0.1) is 0 Å². The lowest BCUT2D eigenvalue weighted by molar-refractivity contribution is -0.144. The van der Waals surface area contributed by atoms with Gasteiger partial charge in [0.1, 0.15) is 24.2 Å². The molecule has 5 atom stereocenters. The minimum atomic E-state index is -1.52. The number of aliphatic carboxylic acids is 2. The summed E-state index contributed by atoms with van der Waals surface area (Å²) in [6, 6.07) is 2.07. The smallest absolute Gasteiger partial charge is 0.326 e. The summed E-state index contributed by atoms with van der Waals surface area (Å²) in [7, 11) is 0. The van der Waals surface area contributed by atoms with Crippen LogP contribution < -0.4 is 27.0 Å². The summed E-state index contributed by atoms with van der Waals surface area (Å²) in [5, 5.41) is 37.0. The fourth-order valence-electron chi connectivity index (χ4n) is 4.84. The molecule has 0 saturated carbocycles. The number of benzene rings is 1. The summed E-state index contributed by atoms with van der Waals surface area (Å²) in [6.45, 7) is 2.03. The highest BCUT2D eigenvalue weighted by molar-refractivity contribution is 6.38. The Morgan fingerprint density at radius 1 is 0.936 bits per heavy atom. The van der Waals surface area contributed by atoms with Gasteiger partial charge in [-0.3, -0.25) is 33.6 Å². The molecule has 9 N–H and O–H groups in total. The van der Waals surface area contributed by atoms with E-state index in [2.05, 4.69) is 21.3 Å². The van der Waals surface area contributed by atoms with Gasteiger partial charge in [0, 0.05) is 19.4 Å². The Morgan fingerprint density at radius 3 is 2.17 bits per heavy atom. The van der Waals surface area contributed by atoms with Crippen molar-refractivity contribution in [1.82, 2.24) is 26.2 Å². The standard InChI is InChI=1S/C30H42N6O11/c1-16(2)24(35-29(45)25(41)18(31)15-37)28(44)32-14-22(38)36-12-6-9-21(36)27(43)34-20(13-17-7-4-3-5-8-17)26(42)33-19(30(46)47)10-11-23(39)40/h3-5,7-8,16,18-21,24,37H,6,9-15,31H2,1-2H3,(H,32,44)(H,33,42)(H,34,43)(H,35,45)(H,39,40)(H,46,47)/t18-,19-,20-,21-,24-/m0/s1. The first-order chi connectivity index (χ1) is 22.2. The summed E-state index contributed by atoms with van der Waals surface area (Å²) < 4.78 is 0. The highest BCUT2D eigenvalue weighted by atomic mass is 16.4. The first-order valence-corrected chi connectivity index (χ1v) is 15.0. The van der Waals surface area contributed by atoms with E-state index in [1.807, 2.05) is 0 Å². The number of carboxylic acids is 2. The second-order valence-electron chi connectivity index (χ2n) is 11.4. The fraction of sp³-hybridized carbons (Fsp3) is 0.533. The average molecular weight is 663 g/mol. The molecule has 0 aromatic heterocycles. The molecule has 1 heterocycles. The lowest BCUT2D eigenvalue weighted by Crippen LogP contribution is -2.57. The molecule has 0 radical (unpaired) electrons. The molecule has 1 aliphatic rings. The van der Waals surface area contributed by atoms with E-state index in [0.29, 0.717) is 12.0 Å². The number of aliphatic hydroxyl groups excluding tert-OH is 1. The topological polar surface area (TPSA) is 275 Å². The zero-order valence-electron chi connectivity index (χ0n) is 26.1. The van der Waals surface area contributed by atoms with E-state index in [9.17, 15) is 43.5 Å². The van der Waals surface area contributed by atoms with Crippen molar-refractivity contribution in [2.75, 3.05) is 19.7 Å². The number of nitrogens with two attached hydrogens (primary N) is 1. The van der Waals surface area contributed by atoms with Crippen LogP contribution in [0.5, 0.6) is 0 Å². The summed E-state index contributed by atoms with van der Waals surface area (Å²) in [5.41, 5.74) is 6.02. The number of aliphatic hydroxyl groups is 1. The van der Waals surface area contributed by atoms with E-state index in [1.165, 1.54) is 4.90 Å². The van der Waals surface area contributed by atoms with Crippen LogP contribution in [0, 0.1) is 5.92 Å². The molecule has 47 heavy (non-hydrogen) atoms. The maximum absolute atomic E-state index is 13.4. The summed E-state index contributed by atoms with van der Waals surface area (Å²) in [4.78, 5) is 101. The highest BCUT2D eigenvalue weighted by Crippen LogP contribution is 2.18. The van der Waals surface area contributed by atoms with Gasteiger partial charge in [-0.2, -0.15) is 0 Å². The number of likely N-dealkylation sites (tertiary alicyclic amines) is 1. The van der Waals surface area contributed by atoms with Crippen LogP contribution in [-0.2, 0) is 44.8 Å². The predicted molar refractivity (Wildman–Crippen MR) is 163 cm³/mol. The Labute approximate surface area is 270 Å². The maximum atomic E-state index is 13.4. The quantitative estimate of drug-likeness (QED) is 0.0745. The minimum absolute atomic E-state index is 0.0333. The molecule has 17 heteroatoms. The van der Waals surface area contributed by atoms with Gasteiger partial charge in [-0.25, -0.2) is 4.79 Å². The number of carboxylic acid groups (broad SMARTS) is 2. The lowest BCUT2D eigenvalue weighted by atomic mass is 10.0. The Bertz CT molecular complexity index is 1320. The number of nitrogens with zero attached hydrogens (tertiary/aromatic N) is 1. The SMILES string of the molecule is CC(C)[C@H](NC(=O)C(=O)[C@@H](N)CO)C(=O)NCC(=O)N1CCC[C@H]1C(=O)N[C@@H](Cc1ccccc1)C(=O)N[C@@H](CCC(=O)O)C(=O)O. The third kappa shape index (κ3) is 11.8. The molecule has 258 valence electrons. The van der Waals surface area contributed by atoms with Gasteiger partial charge in [0.25, 0.3) is 5.91 Å². The van der Waals surface area contributed by atoms with Gasteiger partial charge in [0.2, 0.25) is 29.4 Å². The number of amides is 5. The molecule has 0 spiro atoms. The second kappa shape index (κ2) is 18.3. The molecule has 1 fully saturated rings. The third-order valence-electron chi connectivity index (χ3n) is 7.46. The number of ketones is 1. The van der Waals surface area contributed by atoms with Crippen molar-refractivity contribution in [3.8, 4) is 0 Å². The largest absolute Gasteiger partial charge is 0.481 e. The van der Waals surface area contributed by atoms with Crippen molar-refractivity contribution in [2.45, 2.75) is 76.2 Å². The number of carbonyl (C=O) groups is 8. The molecule has 17 nitrogen and oxygen atoms in total. The van der Waals surface area contributed by atoms with E-state index < -0.39 is 103 Å². The van der Waals surface area contributed by atoms with Crippen LogP contribution in [0.15, 0.2) is 30.3 Å². The fourth-order valence-corrected chi connectivity index (χ4v) is 4.84. The Hall–Kier alpha value is -4.90. The monoisotopic (exact) mass is 662 g/mol. The minimum Gasteiger partial charge on any atom is -0.481 e. The third-order valence-corrected chi connectivity index (χ3v) is 7.46. The number of nitrogens with one attached hydrogen (secondary N) is 4. The van der Waals surface area contributed by atoms with Crippen molar-refractivity contribution >= 4 is 47.3 Å². The first-order valence-electron chi connectivity index (χ1n) is 15.0. The molecular weight excluding hydrogens is 620 g/mol. The molecule has 1 aliphatic heterocycles. The molecule has 5 amide bonds. The van der Waals surface area contributed by atoms with Gasteiger partial charge >= 0.3 is 11.9 Å². The van der Waals surface area contributed by atoms with Crippen LogP contribution in [-0.4, -0.2) is 117 Å². The Balaban J connectivity index is 2.12. The molecule has 0 bridgehead atoms.